The maximum atomic E-state index is 13.3. The second kappa shape index (κ2) is 7.24. The quantitative estimate of drug-likeness (QED) is 0.709. The van der Waals surface area contributed by atoms with Gasteiger partial charge in [-0.05, 0) is 24.3 Å². The van der Waals surface area contributed by atoms with Gasteiger partial charge in [-0.1, -0.05) is 30.3 Å². The molecule has 8 heteroatoms. The van der Waals surface area contributed by atoms with E-state index in [4.69, 9.17) is 4.74 Å². The molecule has 1 atom stereocenters. The Kier molecular flexibility index (Phi) is 4.39. The van der Waals surface area contributed by atoms with E-state index in [1.165, 1.54) is 18.2 Å². The third-order valence-corrected chi connectivity index (χ3v) is 5.43. The van der Waals surface area contributed by atoms with Gasteiger partial charge in [-0.25, -0.2) is 4.98 Å². The molecule has 3 amide bonds. The number of rotatable bonds is 4. The lowest BCUT2D eigenvalue weighted by atomic mass is 10.0. The second-order valence-electron chi connectivity index (χ2n) is 7.22. The van der Waals surface area contributed by atoms with Crippen LogP contribution in [-0.4, -0.2) is 41.3 Å². The predicted octanol–water partition coefficient (Wildman–Crippen LogP) is 2.84. The molecule has 1 N–H and O–H groups in total. The van der Waals surface area contributed by atoms with Crippen molar-refractivity contribution in [3.05, 3.63) is 83.6 Å². The Morgan fingerprint density at radius 3 is 2.48 bits per heavy atom. The molecule has 0 fully saturated rings. The van der Waals surface area contributed by atoms with Crippen molar-refractivity contribution in [2.75, 3.05) is 23.9 Å². The first-order valence-corrected chi connectivity index (χ1v) is 9.71. The Hall–Kier alpha value is -4.20. The van der Waals surface area contributed by atoms with Gasteiger partial charge in [0.25, 0.3) is 11.8 Å². The summed E-state index contributed by atoms with van der Waals surface area (Å²) in [6.07, 6.45) is 0.802. The van der Waals surface area contributed by atoms with Crippen molar-refractivity contribution in [1.82, 2.24) is 9.88 Å². The molecule has 3 aromatic rings. The lowest BCUT2D eigenvalue weighted by molar-refractivity contribution is -0.117. The number of hydrogen-bond donors (Lipinski definition) is 1. The predicted molar refractivity (Wildman–Crippen MR) is 113 cm³/mol. The highest BCUT2D eigenvalue weighted by Crippen LogP contribution is 2.44. The van der Waals surface area contributed by atoms with E-state index < -0.39 is 12.1 Å². The Labute approximate surface area is 178 Å². The third-order valence-electron chi connectivity index (χ3n) is 5.43. The molecule has 0 spiro atoms. The van der Waals surface area contributed by atoms with Crippen molar-refractivity contribution in [3.8, 4) is 5.88 Å². The van der Waals surface area contributed by atoms with Gasteiger partial charge in [0.1, 0.15) is 12.7 Å². The number of hydrogen-bond acceptors (Lipinski definition) is 5. The number of pyridine rings is 1. The van der Waals surface area contributed by atoms with Crippen molar-refractivity contribution in [1.29, 1.82) is 0 Å². The number of fused-ring (bicyclic) bond motifs is 5. The van der Waals surface area contributed by atoms with E-state index in [0.717, 1.165) is 0 Å². The fourth-order valence-corrected chi connectivity index (χ4v) is 4.06. The zero-order valence-electron chi connectivity index (χ0n) is 16.6. The summed E-state index contributed by atoms with van der Waals surface area (Å²) in [5.74, 6) is -0.455. The van der Waals surface area contributed by atoms with Gasteiger partial charge < -0.3 is 15.0 Å². The van der Waals surface area contributed by atoms with Crippen molar-refractivity contribution < 1.29 is 19.1 Å². The van der Waals surface area contributed by atoms with Crippen LogP contribution in [0.25, 0.3) is 0 Å². The normalized spacial score (nSPS) is 16.5. The molecule has 3 heterocycles. The molecule has 31 heavy (non-hydrogen) atoms. The number of carbonyl (C=O) groups excluding carboxylic acids is 3. The molecule has 0 saturated carbocycles. The highest BCUT2D eigenvalue weighted by atomic mass is 16.5. The minimum atomic E-state index is -0.675. The maximum Gasteiger partial charge on any atom is 0.260 e. The first-order chi connectivity index (χ1) is 15.1. The van der Waals surface area contributed by atoms with E-state index in [1.807, 2.05) is 12.1 Å². The molecule has 1 aromatic heterocycles. The van der Waals surface area contributed by atoms with Crippen LogP contribution in [0.2, 0.25) is 0 Å². The Morgan fingerprint density at radius 2 is 1.74 bits per heavy atom. The van der Waals surface area contributed by atoms with E-state index in [-0.39, 0.29) is 18.4 Å². The van der Waals surface area contributed by atoms with Crippen LogP contribution < -0.4 is 15.0 Å². The van der Waals surface area contributed by atoms with Gasteiger partial charge in [-0.3, -0.25) is 19.3 Å². The average Bonchev–Trinajstić information content (AvgIpc) is 3.10. The van der Waals surface area contributed by atoms with Crippen LogP contribution in [0, 0.1) is 0 Å². The van der Waals surface area contributed by atoms with Gasteiger partial charge >= 0.3 is 0 Å². The monoisotopic (exact) mass is 414 g/mol. The van der Waals surface area contributed by atoms with Crippen LogP contribution in [0.15, 0.2) is 66.9 Å². The number of methoxy groups -OCH3 is 1. The number of anilines is 2. The van der Waals surface area contributed by atoms with E-state index in [0.29, 0.717) is 33.9 Å². The SMILES string of the molecule is COc1ccc(NC(=O)CN2C(=O)c3ccccc3N3C(=O)c4ccccc4[C@@H]23)cn1. The minimum absolute atomic E-state index is 0.190. The zero-order valence-corrected chi connectivity index (χ0v) is 16.6. The number of amides is 3. The van der Waals surface area contributed by atoms with E-state index in [9.17, 15) is 14.4 Å². The largest absolute Gasteiger partial charge is 0.481 e. The number of carbonyl (C=O) groups is 3. The third kappa shape index (κ3) is 3.00. The summed E-state index contributed by atoms with van der Waals surface area (Å²) >= 11 is 0. The van der Waals surface area contributed by atoms with Gasteiger partial charge in [0.2, 0.25) is 11.8 Å². The van der Waals surface area contributed by atoms with Crippen LogP contribution in [0.3, 0.4) is 0 Å². The molecular weight excluding hydrogens is 396 g/mol. The van der Waals surface area contributed by atoms with Crippen LogP contribution >= 0.6 is 0 Å². The summed E-state index contributed by atoms with van der Waals surface area (Å²) in [6.45, 7) is -0.220. The standard InChI is InChI=1S/C23H18N4O4/c1-31-20-11-10-14(12-24-20)25-19(28)13-26-21-15-6-2-3-7-16(15)23(30)27(21)18-9-5-4-8-17(18)22(26)29/h2-12,21H,13H2,1H3,(H,25,28)/t21-/m0/s1. The molecule has 0 unspecified atom stereocenters. The van der Waals surface area contributed by atoms with Crippen molar-refractivity contribution in [2.45, 2.75) is 6.17 Å². The van der Waals surface area contributed by atoms with Crippen LogP contribution in [0.1, 0.15) is 32.4 Å². The van der Waals surface area contributed by atoms with Crippen LogP contribution in [0.4, 0.5) is 11.4 Å². The highest BCUT2D eigenvalue weighted by Gasteiger charge is 2.48. The van der Waals surface area contributed by atoms with Gasteiger partial charge in [0.05, 0.1) is 30.2 Å². The van der Waals surface area contributed by atoms with E-state index in [2.05, 4.69) is 10.3 Å². The average molecular weight is 414 g/mol. The first-order valence-electron chi connectivity index (χ1n) is 9.71. The van der Waals surface area contributed by atoms with Crippen LogP contribution in [0.5, 0.6) is 5.88 Å². The highest BCUT2D eigenvalue weighted by molar-refractivity contribution is 6.17. The molecule has 5 rings (SSSR count). The summed E-state index contributed by atoms with van der Waals surface area (Å²) in [5, 5.41) is 2.75. The van der Waals surface area contributed by atoms with Crippen molar-refractivity contribution >= 4 is 29.1 Å². The molecule has 2 aliphatic heterocycles. The Balaban J connectivity index is 1.49. The number of aromatic nitrogens is 1. The maximum absolute atomic E-state index is 13.3. The lowest BCUT2D eigenvalue weighted by Gasteiger charge is -2.40. The molecule has 0 radical (unpaired) electrons. The zero-order chi connectivity index (χ0) is 21.5. The van der Waals surface area contributed by atoms with Gasteiger partial charge in [0, 0.05) is 17.2 Å². The van der Waals surface area contributed by atoms with Crippen LogP contribution in [-0.2, 0) is 4.79 Å². The molecule has 0 saturated heterocycles. The van der Waals surface area contributed by atoms with Crippen molar-refractivity contribution in [3.63, 3.8) is 0 Å². The van der Waals surface area contributed by atoms with Crippen molar-refractivity contribution in [2.24, 2.45) is 0 Å². The minimum Gasteiger partial charge on any atom is -0.481 e. The summed E-state index contributed by atoms with van der Waals surface area (Å²) in [5.41, 5.74) is 2.65. The summed E-state index contributed by atoms with van der Waals surface area (Å²) < 4.78 is 5.02. The molecule has 2 aromatic carbocycles. The summed E-state index contributed by atoms with van der Waals surface area (Å²) in [6, 6.07) is 17.4. The first kappa shape index (κ1) is 18.8. The summed E-state index contributed by atoms with van der Waals surface area (Å²) in [7, 11) is 1.51. The fourth-order valence-electron chi connectivity index (χ4n) is 4.06. The number of benzene rings is 2. The Morgan fingerprint density at radius 1 is 1.00 bits per heavy atom. The Bertz CT molecular complexity index is 1210. The summed E-state index contributed by atoms with van der Waals surface area (Å²) in [4.78, 5) is 46.4. The molecule has 2 aliphatic rings. The number of nitrogens with zero attached hydrogens (tertiary/aromatic N) is 3. The smallest absolute Gasteiger partial charge is 0.260 e. The van der Waals surface area contributed by atoms with E-state index in [1.54, 1.807) is 53.4 Å². The molecule has 8 nitrogen and oxygen atoms in total. The number of nitrogens with one attached hydrogen (secondary N) is 1. The van der Waals surface area contributed by atoms with Gasteiger partial charge in [0.15, 0.2) is 0 Å². The molecular formula is C23H18N4O4. The topological polar surface area (TPSA) is 91.8 Å². The number of ether oxygens (including phenoxy) is 1. The van der Waals surface area contributed by atoms with Gasteiger partial charge in [-0.2, -0.15) is 0 Å². The fraction of sp³-hybridized carbons (Fsp3) is 0.130. The lowest BCUT2D eigenvalue weighted by Crippen LogP contribution is -2.50. The molecule has 0 aliphatic carbocycles. The molecule has 0 bridgehead atoms. The second-order valence-corrected chi connectivity index (χ2v) is 7.22. The number of para-hydroxylation sites is 1. The van der Waals surface area contributed by atoms with Gasteiger partial charge in [-0.15, -0.1) is 0 Å². The molecule has 154 valence electrons. The van der Waals surface area contributed by atoms with E-state index >= 15 is 0 Å².